The molecule has 0 N–H and O–H groups in total. The summed E-state index contributed by atoms with van der Waals surface area (Å²) in [5.41, 5.74) is 1.12. The van der Waals surface area contributed by atoms with Crippen molar-refractivity contribution in [3.8, 4) is 5.75 Å². The minimum absolute atomic E-state index is 0.162. The van der Waals surface area contributed by atoms with Crippen LogP contribution in [0.15, 0.2) is 24.3 Å². The summed E-state index contributed by atoms with van der Waals surface area (Å²) < 4.78 is 11.2. The van der Waals surface area contributed by atoms with Gasteiger partial charge in [-0.1, -0.05) is 12.1 Å². The van der Waals surface area contributed by atoms with Gasteiger partial charge in [-0.3, -0.25) is 4.79 Å². The fourth-order valence-electron chi connectivity index (χ4n) is 3.14. The van der Waals surface area contributed by atoms with Crippen LogP contribution in [-0.4, -0.2) is 56.3 Å². The molecule has 0 bridgehead atoms. The average Bonchev–Trinajstić information content (AvgIpc) is 3.10. The van der Waals surface area contributed by atoms with E-state index in [0.717, 1.165) is 57.1 Å². The molecule has 2 saturated heterocycles. The number of hydrogen-bond acceptors (Lipinski definition) is 4. The summed E-state index contributed by atoms with van der Waals surface area (Å²) in [6.07, 6.45) is 1.66. The van der Waals surface area contributed by atoms with Gasteiger partial charge in [-0.2, -0.15) is 0 Å². The van der Waals surface area contributed by atoms with Crippen LogP contribution in [0.3, 0.4) is 0 Å². The first-order valence-electron chi connectivity index (χ1n) is 8.16. The molecule has 2 aliphatic heterocycles. The molecule has 22 heavy (non-hydrogen) atoms. The van der Waals surface area contributed by atoms with Gasteiger partial charge in [0.1, 0.15) is 11.9 Å². The molecule has 2 aliphatic rings. The Morgan fingerprint density at radius 3 is 2.73 bits per heavy atom. The van der Waals surface area contributed by atoms with Crippen LogP contribution in [0.4, 0.5) is 5.69 Å². The molecule has 1 aromatic carbocycles. The molecule has 5 nitrogen and oxygen atoms in total. The third kappa shape index (κ3) is 3.19. The fourth-order valence-corrected chi connectivity index (χ4v) is 3.14. The number of anilines is 1. The van der Waals surface area contributed by atoms with Gasteiger partial charge < -0.3 is 19.3 Å². The number of piperazine rings is 1. The first kappa shape index (κ1) is 15.2. The highest BCUT2D eigenvalue weighted by molar-refractivity contribution is 5.81. The summed E-state index contributed by atoms with van der Waals surface area (Å²) in [6, 6.07) is 8.11. The maximum Gasteiger partial charge on any atom is 0.251 e. The van der Waals surface area contributed by atoms with Crippen LogP contribution in [0.25, 0.3) is 0 Å². The molecule has 3 rings (SSSR count). The normalized spacial score (nSPS) is 22.0. The number of amides is 1. The molecule has 0 radical (unpaired) electrons. The van der Waals surface area contributed by atoms with E-state index < -0.39 is 0 Å². The molecule has 2 fully saturated rings. The Labute approximate surface area is 131 Å². The topological polar surface area (TPSA) is 42.0 Å². The van der Waals surface area contributed by atoms with Crippen molar-refractivity contribution in [3.05, 3.63) is 24.3 Å². The third-order valence-electron chi connectivity index (χ3n) is 4.30. The minimum Gasteiger partial charge on any atom is -0.492 e. The standard InChI is InChI=1S/C17H24N2O3/c1-2-21-15-7-4-3-6-14(15)18-9-11-19(12-10-18)17(20)16-8-5-13-22-16/h3-4,6-7,16H,2,5,8-13H2,1H3/t16-/m0/s1. The molecular weight excluding hydrogens is 280 g/mol. The second-order valence-corrected chi connectivity index (χ2v) is 5.71. The van der Waals surface area contributed by atoms with Gasteiger partial charge in [0.25, 0.3) is 5.91 Å². The van der Waals surface area contributed by atoms with E-state index in [1.807, 2.05) is 30.0 Å². The predicted molar refractivity (Wildman–Crippen MR) is 85.4 cm³/mol. The lowest BCUT2D eigenvalue weighted by Gasteiger charge is -2.37. The highest BCUT2D eigenvalue weighted by atomic mass is 16.5. The van der Waals surface area contributed by atoms with Crippen molar-refractivity contribution in [2.24, 2.45) is 0 Å². The Balaban J connectivity index is 1.60. The van der Waals surface area contributed by atoms with Crippen LogP contribution < -0.4 is 9.64 Å². The predicted octanol–water partition coefficient (Wildman–Crippen LogP) is 1.91. The average molecular weight is 304 g/mol. The van der Waals surface area contributed by atoms with E-state index in [9.17, 15) is 4.79 Å². The first-order valence-corrected chi connectivity index (χ1v) is 8.16. The maximum absolute atomic E-state index is 12.4. The van der Waals surface area contributed by atoms with E-state index in [1.54, 1.807) is 0 Å². The quantitative estimate of drug-likeness (QED) is 0.852. The van der Waals surface area contributed by atoms with Crippen molar-refractivity contribution in [1.82, 2.24) is 4.90 Å². The molecule has 0 aliphatic carbocycles. The number of para-hydroxylation sites is 2. The van der Waals surface area contributed by atoms with E-state index in [2.05, 4.69) is 11.0 Å². The highest BCUT2D eigenvalue weighted by Gasteiger charge is 2.30. The van der Waals surface area contributed by atoms with Gasteiger partial charge in [0.2, 0.25) is 0 Å². The lowest BCUT2D eigenvalue weighted by molar-refractivity contribution is -0.141. The zero-order valence-electron chi connectivity index (χ0n) is 13.2. The van der Waals surface area contributed by atoms with Crippen molar-refractivity contribution in [2.75, 3.05) is 44.3 Å². The molecule has 1 aromatic rings. The lowest BCUT2D eigenvalue weighted by Crippen LogP contribution is -2.51. The van der Waals surface area contributed by atoms with E-state index in [4.69, 9.17) is 9.47 Å². The van der Waals surface area contributed by atoms with Crippen LogP contribution in [-0.2, 0) is 9.53 Å². The Morgan fingerprint density at radius 1 is 1.27 bits per heavy atom. The van der Waals surface area contributed by atoms with Gasteiger partial charge >= 0.3 is 0 Å². The van der Waals surface area contributed by atoms with Crippen molar-refractivity contribution < 1.29 is 14.3 Å². The molecule has 5 heteroatoms. The molecule has 2 heterocycles. The third-order valence-corrected chi connectivity index (χ3v) is 4.30. The minimum atomic E-state index is -0.206. The Morgan fingerprint density at radius 2 is 2.05 bits per heavy atom. The Bertz CT molecular complexity index is 506. The summed E-state index contributed by atoms with van der Waals surface area (Å²) in [5.74, 6) is 1.08. The molecule has 0 saturated carbocycles. The smallest absolute Gasteiger partial charge is 0.251 e. The van der Waals surface area contributed by atoms with Crippen LogP contribution >= 0.6 is 0 Å². The molecule has 1 atom stereocenters. The second-order valence-electron chi connectivity index (χ2n) is 5.71. The van der Waals surface area contributed by atoms with E-state index >= 15 is 0 Å². The lowest BCUT2D eigenvalue weighted by atomic mass is 10.2. The number of nitrogens with zero attached hydrogens (tertiary/aromatic N) is 2. The zero-order chi connectivity index (χ0) is 15.4. The zero-order valence-corrected chi connectivity index (χ0v) is 13.2. The van der Waals surface area contributed by atoms with Crippen molar-refractivity contribution in [3.63, 3.8) is 0 Å². The summed E-state index contributed by atoms with van der Waals surface area (Å²) in [7, 11) is 0. The number of rotatable bonds is 4. The molecule has 0 aromatic heterocycles. The van der Waals surface area contributed by atoms with Gasteiger partial charge in [0.05, 0.1) is 12.3 Å². The SMILES string of the molecule is CCOc1ccccc1N1CCN(C(=O)[C@@H]2CCCO2)CC1. The van der Waals surface area contributed by atoms with E-state index in [1.165, 1.54) is 0 Å². The molecule has 120 valence electrons. The second kappa shape index (κ2) is 7.01. The van der Waals surface area contributed by atoms with Crippen molar-refractivity contribution in [2.45, 2.75) is 25.9 Å². The largest absolute Gasteiger partial charge is 0.492 e. The molecular formula is C17H24N2O3. The first-order chi connectivity index (χ1) is 10.8. The number of carbonyl (C=O) groups excluding carboxylic acids is 1. The summed E-state index contributed by atoms with van der Waals surface area (Å²) in [4.78, 5) is 16.6. The van der Waals surface area contributed by atoms with Crippen LogP contribution in [0.1, 0.15) is 19.8 Å². The maximum atomic E-state index is 12.4. The van der Waals surface area contributed by atoms with Crippen LogP contribution in [0.5, 0.6) is 5.75 Å². The van der Waals surface area contributed by atoms with Gasteiger partial charge in [0.15, 0.2) is 0 Å². The molecule has 0 spiro atoms. The monoisotopic (exact) mass is 304 g/mol. The fraction of sp³-hybridized carbons (Fsp3) is 0.588. The van der Waals surface area contributed by atoms with Crippen LogP contribution in [0.2, 0.25) is 0 Å². The number of hydrogen-bond donors (Lipinski definition) is 0. The van der Waals surface area contributed by atoms with Gasteiger partial charge in [-0.15, -0.1) is 0 Å². The van der Waals surface area contributed by atoms with E-state index in [0.29, 0.717) is 6.61 Å². The number of benzene rings is 1. The highest BCUT2D eigenvalue weighted by Crippen LogP contribution is 2.29. The molecule has 1 amide bonds. The van der Waals surface area contributed by atoms with Crippen molar-refractivity contribution in [1.29, 1.82) is 0 Å². The number of ether oxygens (including phenoxy) is 2. The van der Waals surface area contributed by atoms with Gasteiger partial charge in [0, 0.05) is 32.8 Å². The Kier molecular flexibility index (Phi) is 4.83. The van der Waals surface area contributed by atoms with Gasteiger partial charge in [-0.05, 0) is 31.9 Å². The van der Waals surface area contributed by atoms with Gasteiger partial charge in [-0.25, -0.2) is 0 Å². The Hall–Kier alpha value is -1.75. The summed E-state index contributed by atoms with van der Waals surface area (Å²) in [6.45, 7) is 6.55. The van der Waals surface area contributed by atoms with Crippen LogP contribution in [0, 0.1) is 0 Å². The molecule has 0 unspecified atom stereocenters. The van der Waals surface area contributed by atoms with E-state index in [-0.39, 0.29) is 12.0 Å². The number of carbonyl (C=O) groups is 1. The summed E-state index contributed by atoms with van der Waals surface area (Å²) in [5, 5.41) is 0. The summed E-state index contributed by atoms with van der Waals surface area (Å²) >= 11 is 0. The van der Waals surface area contributed by atoms with Crippen molar-refractivity contribution >= 4 is 11.6 Å².